The average Bonchev–Trinajstić information content (AvgIpc) is 4.15. The number of sulfonamides is 1. The first-order chi connectivity index (χ1) is 31.9. The number of fused-ring (bicyclic) bond motifs is 3. The molecule has 1 saturated heterocycles. The number of pyridine rings is 2. The Morgan fingerprint density at radius 3 is 2.40 bits per heavy atom. The van der Waals surface area contributed by atoms with Crippen molar-refractivity contribution in [1.82, 2.24) is 30.2 Å². The summed E-state index contributed by atoms with van der Waals surface area (Å²) in [6, 6.07) is 8.04. The summed E-state index contributed by atoms with van der Waals surface area (Å²) in [5, 5.41) is 6.77. The van der Waals surface area contributed by atoms with E-state index in [4.69, 9.17) is 23.9 Å². The van der Waals surface area contributed by atoms with Crippen molar-refractivity contribution in [2.24, 2.45) is 17.8 Å². The molecule has 4 aliphatic rings. The first-order valence-corrected chi connectivity index (χ1v) is 24.9. The van der Waals surface area contributed by atoms with Crippen LogP contribution in [0.15, 0.2) is 54.7 Å². The van der Waals surface area contributed by atoms with E-state index in [9.17, 15) is 31.6 Å². The van der Waals surface area contributed by atoms with Gasteiger partial charge in [-0.2, -0.15) is 0 Å². The summed E-state index contributed by atoms with van der Waals surface area (Å²) in [6.07, 6.45) is 5.91. The van der Waals surface area contributed by atoms with Gasteiger partial charge in [0.25, 0.3) is 11.8 Å². The third-order valence-corrected chi connectivity index (χ3v) is 16.1. The molecule has 7 rings (SSSR count). The van der Waals surface area contributed by atoms with Crippen molar-refractivity contribution in [2.45, 2.75) is 153 Å². The molecule has 0 bridgehead atoms. The van der Waals surface area contributed by atoms with Gasteiger partial charge in [0.1, 0.15) is 35.2 Å². The Balaban J connectivity index is 1.28. The molecule has 19 heteroatoms. The summed E-state index contributed by atoms with van der Waals surface area (Å²) in [5.41, 5.74) is -2.95. The van der Waals surface area contributed by atoms with Crippen LogP contribution >= 0.6 is 0 Å². The summed E-state index contributed by atoms with van der Waals surface area (Å²) in [7, 11) is -2.55. The van der Waals surface area contributed by atoms with Crippen LogP contribution in [-0.4, -0.2) is 107 Å². The van der Waals surface area contributed by atoms with Crippen molar-refractivity contribution in [3.8, 4) is 28.8 Å². The highest BCUT2D eigenvalue weighted by Gasteiger charge is 2.63. The summed E-state index contributed by atoms with van der Waals surface area (Å²) < 4.78 is 80.4. The highest BCUT2D eigenvalue weighted by atomic mass is 32.2. The predicted molar refractivity (Wildman–Crippen MR) is 250 cm³/mol. The molecule has 7 atom stereocenters. The SMILES string of the molecule is CC[C@@H]1C[C@H](C)CC/C=C\[C@@H]2C[C@@]2(C(=O)NS(=O)(=O)C2(C)CC2)NC(=O)[C@@H]2C[C@@H](Oc3nc(-c4ccc(OC(C)C)cn4)cc4cc(OC)ccc34)CN2C(=O)[C@H]1NC(=O)OC(C)(C)C(C)(F)F. The van der Waals surface area contributed by atoms with E-state index in [1.54, 1.807) is 44.5 Å². The molecular formula is C49H64F2N6O10S. The number of nitrogens with one attached hydrogen (secondary N) is 3. The average molecular weight is 967 g/mol. The first kappa shape index (κ1) is 50.3. The second-order valence-corrected chi connectivity index (χ2v) is 22.2. The van der Waals surface area contributed by atoms with E-state index in [-0.39, 0.29) is 37.3 Å². The van der Waals surface area contributed by atoms with Crippen molar-refractivity contribution in [2.75, 3.05) is 13.7 Å². The monoisotopic (exact) mass is 966 g/mol. The molecule has 2 aliphatic heterocycles. The highest BCUT2D eigenvalue weighted by molar-refractivity contribution is 7.91. The molecule has 2 saturated carbocycles. The lowest BCUT2D eigenvalue weighted by atomic mass is 9.85. The maximum absolute atomic E-state index is 15.3. The molecule has 2 aromatic heterocycles. The Bertz CT molecular complexity index is 2550. The number of nitrogens with zero attached hydrogens (tertiary/aromatic N) is 3. The van der Waals surface area contributed by atoms with Gasteiger partial charge in [-0.1, -0.05) is 32.4 Å². The molecular weight excluding hydrogens is 903 g/mol. The van der Waals surface area contributed by atoms with Crippen molar-refractivity contribution >= 4 is 44.6 Å². The van der Waals surface area contributed by atoms with E-state index >= 15 is 4.79 Å². The topological polar surface area (TPSA) is 204 Å². The van der Waals surface area contributed by atoms with Crippen LogP contribution in [0, 0.1) is 17.8 Å². The number of aromatic nitrogens is 2. The Hall–Kier alpha value is -5.59. The first-order valence-electron chi connectivity index (χ1n) is 23.4. The van der Waals surface area contributed by atoms with Crippen LogP contribution in [0.3, 0.4) is 0 Å². The third-order valence-electron chi connectivity index (χ3n) is 13.9. The molecule has 3 aromatic rings. The number of alkyl halides is 2. The minimum absolute atomic E-state index is 0.000142. The van der Waals surface area contributed by atoms with Gasteiger partial charge in [0.05, 0.1) is 42.1 Å². The van der Waals surface area contributed by atoms with Gasteiger partial charge in [-0.15, -0.1) is 0 Å². The normalized spacial score (nSPS) is 26.9. The van der Waals surface area contributed by atoms with Gasteiger partial charge in [0.2, 0.25) is 27.7 Å². The lowest BCUT2D eigenvalue weighted by Crippen LogP contribution is -2.60. The molecule has 1 aromatic carbocycles. The van der Waals surface area contributed by atoms with E-state index in [1.807, 2.05) is 52.0 Å². The van der Waals surface area contributed by atoms with Gasteiger partial charge in [-0.05, 0) is 127 Å². The number of hydrogen-bond donors (Lipinski definition) is 3. The number of benzene rings is 1. The Morgan fingerprint density at radius 2 is 1.76 bits per heavy atom. The zero-order chi connectivity index (χ0) is 49.6. The zero-order valence-electron chi connectivity index (χ0n) is 40.2. The molecule has 2 aliphatic carbocycles. The number of ether oxygens (including phenoxy) is 4. The third kappa shape index (κ3) is 10.7. The number of carbonyl (C=O) groups excluding carboxylic acids is 4. The van der Waals surface area contributed by atoms with Crippen LogP contribution in [0.5, 0.6) is 17.4 Å². The van der Waals surface area contributed by atoms with E-state index < -0.39 is 85.7 Å². The molecule has 0 unspecified atom stereocenters. The molecule has 68 heavy (non-hydrogen) atoms. The minimum Gasteiger partial charge on any atom is -0.497 e. The second-order valence-electron chi connectivity index (χ2n) is 20.0. The van der Waals surface area contributed by atoms with Crippen LogP contribution < -0.4 is 29.6 Å². The largest absolute Gasteiger partial charge is 0.497 e. The molecule has 0 radical (unpaired) electrons. The van der Waals surface area contributed by atoms with Crippen LogP contribution in [0.25, 0.3) is 22.2 Å². The fourth-order valence-electron chi connectivity index (χ4n) is 8.88. The fourth-order valence-corrected chi connectivity index (χ4v) is 10.2. The standard InChI is InChI=1S/C49H64F2N6O10S/c1-10-30-21-29(4)13-11-12-14-32-25-49(32,44(60)56-68(62,63)47(7)19-20-47)55-41(58)39-24-35(27-57(39)43(59)40(30)54-45(61)67-46(5,6)48(8,50)51)66-42-36-17-15-33(64-9)22-31(36)23-38(53-42)37-18-16-34(26-52-37)65-28(2)3/h12,14-18,22-23,26,28-30,32,35,39-40H,10-11,13,19-21,24-25,27H2,1-9H3,(H,54,61)(H,55,58)(H,56,60)/b14-12-/t29-,30-,32-,35-,39+,40+,49-/m1/s1. The lowest BCUT2D eigenvalue weighted by Gasteiger charge is -2.35. The number of carbonyl (C=O) groups is 4. The summed E-state index contributed by atoms with van der Waals surface area (Å²) in [4.78, 5) is 68.7. The summed E-state index contributed by atoms with van der Waals surface area (Å²) in [5.74, 6) is -5.54. The van der Waals surface area contributed by atoms with Crippen LogP contribution in [0.4, 0.5) is 13.6 Å². The maximum Gasteiger partial charge on any atom is 0.408 e. The molecule has 0 spiro atoms. The Morgan fingerprint density at radius 1 is 1.04 bits per heavy atom. The molecule has 4 amide bonds. The predicted octanol–water partition coefficient (Wildman–Crippen LogP) is 7.25. The molecule has 370 valence electrons. The maximum atomic E-state index is 15.3. The van der Waals surface area contributed by atoms with Gasteiger partial charge in [-0.25, -0.2) is 27.0 Å². The quantitative estimate of drug-likeness (QED) is 0.145. The zero-order valence-corrected chi connectivity index (χ0v) is 41.0. The van der Waals surface area contributed by atoms with Gasteiger partial charge in [0.15, 0.2) is 5.60 Å². The van der Waals surface area contributed by atoms with Gasteiger partial charge in [-0.3, -0.25) is 24.1 Å². The van der Waals surface area contributed by atoms with Crippen LogP contribution in [-0.2, 0) is 29.1 Å². The summed E-state index contributed by atoms with van der Waals surface area (Å²) in [6.45, 7) is 11.8. The molecule has 4 heterocycles. The highest BCUT2D eigenvalue weighted by Crippen LogP contribution is 2.48. The number of rotatable bonds is 13. The van der Waals surface area contributed by atoms with Gasteiger partial charge < -0.3 is 34.5 Å². The second kappa shape index (κ2) is 19.1. The minimum atomic E-state index is -4.09. The number of amides is 4. The van der Waals surface area contributed by atoms with Crippen molar-refractivity contribution in [1.29, 1.82) is 0 Å². The number of allylic oxidation sites excluding steroid dienone is 1. The molecule has 3 fully saturated rings. The number of hydrogen-bond acceptors (Lipinski definition) is 12. The Kier molecular flexibility index (Phi) is 14.1. The van der Waals surface area contributed by atoms with E-state index in [1.165, 1.54) is 4.90 Å². The summed E-state index contributed by atoms with van der Waals surface area (Å²) >= 11 is 0. The van der Waals surface area contributed by atoms with Gasteiger partial charge >= 0.3 is 6.09 Å². The smallest absolute Gasteiger partial charge is 0.408 e. The van der Waals surface area contributed by atoms with E-state index in [0.29, 0.717) is 79.1 Å². The lowest BCUT2D eigenvalue weighted by molar-refractivity contribution is -0.152. The van der Waals surface area contributed by atoms with Crippen molar-refractivity contribution in [3.05, 3.63) is 54.7 Å². The van der Waals surface area contributed by atoms with E-state index in [2.05, 4.69) is 20.3 Å². The number of alkyl carbamates (subject to hydrolysis) is 1. The number of halogens is 2. The van der Waals surface area contributed by atoms with Gasteiger partial charge in [0, 0.05) is 24.6 Å². The van der Waals surface area contributed by atoms with Crippen LogP contribution in [0.2, 0.25) is 0 Å². The van der Waals surface area contributed by atoms with Crippen LogP contribution in [0.1, 0.15) is 107 Å². The number of methoxy groups -OCH3 is 1. The fraction of sp³-hybridized carbons (Fsp3) is 0.592. The molecule has 3 N–H and O–H groups in total. The van der Waals surface area contributed by atoms with Crippen molar-refractivity contribution in [3.63, 3.8) is 0 Å². The van der Waals surface area contributed by atoms with Crippen molar-refractivity contribution < 1.29 is 55.3 Å². The Labute approximate surface area is 396 Å². The molecule has 16 nitrogen and oxygen atoms in total. The van der Waals surface area contributed by atoms with E-state index in [0.717, 1.165) is 13.8 Å².